The third kappa shape index (κ3) is 3.04. The van der Waals surface area contributed by atoms with E-state index >= 15 is 0 Å². The number of aliphatic carboxylic acids is 1. The van der Waals surface area contributed by atoms with Crippen LogP contribution in [0.25, 0.3) is 0 Å². The van der Waals surface area contributed by atoms with E-state index in [9.17, 15) is 9.59 Å². The predicted molar refractivity (Wildman–Crippen MR) is 71.8 cm³/mol. The molecule has 5 heteroatoms. The standard InChI is InChI=1S/C15H14N2O3/c16-9-10-5-7-11(8-6-10)14(18)17-13-4-2-1-3-12(13)15(19)20/h5-8H,1-4H2,(H,17,18)(H,19,20). The van der Waals surface area contributed by atoms with E-state index in [1.165, 1.54) is 0 Å². The van der Waals surface area contributed by atoms with Crippen LogP contribution in [0.3, 0.4) is 0 Å². The summed E-state index contributed by atoms with van der Waals surface area (Å²) in [7, 11) is 0. The van der Waals surface area contributed by atoms with Crippen molar-refractivity contribution in [3.05, 3.63) is 46.7 Å². The number of rotatable bonds is 3. The minimum absolute atomic E-state index is 0.290. The second kappa shape index (κ2) is 6.02. The molecule has 0 atom stereocenters. The monoisotopic (exact) mass is 270 g/mol. The van der Waals surface area contributed by atoms with Crippen molar-refractivity contribution >= 4 is 11.9 Å². The molecule has 1 aromatic rings. The van der Waals surface area contributed by atoms with Crippen LogP contribution in [-0.4, -0.2) is 17.0 Å². The third-order valence-electron chi connectivity index (χ3n) is 3.27. The van der Waals surface area contributed by atoms with Gasteiger partial charge in [-0.2, -0.15) is 5.26 Å². The van der Waals surface area contributed by atoms with Gasteiger partial charge in [0.05, 0.1) is 17.2 Å². The lowest BCUT2D eigenvalue weighted by Crippen LogP contribution is -2.27. The summed E-state index contributed by atoms with van der Waals surface area (Å²) in [5, 5.41) is 20.5. The number of hydrogen-bond acceptors (Lipinski definition) is 3. The topological polar surface area (TPSA) is 90.2 Å². The highest BCUT2D eigenvalue weighted by atomic mass is 16.4. The molecule has 0 saturated heterocycles. The number of allylic oxidation sites excluding steroid dienone is 1. The number of nitrogens with zero attached hydrogens (tertiary/aromatic N) is 1. The first-order valence-corrected chi connectivity index (χ1v) is 6.38. The average molecular weight is 270 g/mol. The Morgan fingerprint density at radius 3 is 2.40 bits per heavy atom. The van der Waals surface area contributed by atoms with Crippen molar-refractivity contribution in [3.63, 3.8) is 0 Å². The predicted octanol–water partition coefficient (Wildman–Crippen LogP) is 2.20. The number of carboxylic acids is 1. The highest BCUT2D eigenvalue weighted by molar-refractivity contribution is 5.97. The quantitative estimate of drug-likeness (QED) is 0.881. The molecule has 0 unspecified atom stereocenters. The first-order chi connectivity index (χ1) is 9.61. The van der Waals surface area contributed by atoms with Gasteiger partial charge in [-0.25, -0.2) is 4.79 Å². The smallest absolute Gasteiger partial charge is 0.333 e. The molecule has 0 saturated carbocycles. The van der Waals surface area contributed by atoms with Gasteiger partial charge in [-0.3, -0.25) is 4.79 Å². The lowest BCUT2D eigenvalue weighted by atomic mass is 9.96. The summed E-state index contributed by atoms with van der Waals surface area (Å²) in [6.07, 6.45) is 2.76. The Morgan fingerprint density at radius 1 is 1.15 bits per heavy atom. The molecule has 20 heavy (non-hydrogen) atoms. The Hall–Kier alpha value is -2.61. The zero-order valence-electron chi connectivity index (χ0n) is 10.8. The van der Waals surface area contributed by atoms with E-state index < -0.39 is 5.97 Å². The van der Waals surface area contributed by atoms with Crippen LogP contribution in [0.15, 0.2) is 35.5 Å². The van der Waals surface area contributed by atoms with E-state index in [0.29, 0.717) is 35.2 Å². The number of nitriles is 1. The number of carboxylic acid groups (broad SMARTS) is 1. The maximum absolute atomic E-state index is 12.1. The van der Waals surface area contributed by atoms with Crippen LogP contribution in [0.1, 0.15) is 41.6 Å². The van der Waals surface area contributed by atoms with Crippen molar-refractivity contribution in [2.24, 2.45) is 0 Å². The maximum Gasteiger partial charge on any atom is 0.333 e. The molecule has 102 valence electrons. The van der Waals surface area contributed by atoms with E-state index in [1.54, 1.807) is 24.3 Å². The number of nitrogens with one attached hydrogen (secondary N) is 1. The molecule has 0 bridgehead atoms. The van der Waals surface area contributed by atoms with E-state index in [0.717, 1.165) is 12.8 Å². The Balaban J connectivity index is 2.17. The summed E-state index contributed by atoms with van der Waals surface area (Å²) in [4.78, 5) is 23.2. The van der Waals surface area contributed by atoms with Crippen LogP contribution < -0.4 is 5.32 Å². The second-order valence-corrected chi connectivity index (χ2v) is 4.61. The molecule has 5 nitrogen and oxygen atoms in total. The minimum atomic E-state index is -0.972. The lowest BCUT2D eigenvalue weighted by molar-refractivity contribution is -0.133. The highest BCUT2D eigenvalue weighted by Crippen LogP contribution is 2.23. The first-order valence-electron chi connectivity index (χ1n) is 6.38. The Kier molecular flexibility index (Phi) is 4.16. The first kappa shape index (κ1) is 13.8. The number of carbonyl (C=O) groups excluding carboxylic acids is 1. The van der Waals surface area contributed by atoms with Crippen LogP contribution in [0.5, 0.6) is 0 Å². The van der Waals surface area contributed by atoms with Crippen LogP contribution >= 0.6 is 0 Å². The van der Waals surface area contributed by atoms with Crippen molar-refractivity contribution in [2.75, 3.05) is 0 Å². The van der Waals surface area contributed by atoms with Gasteiger partial charge in [0.25, 0.3) is 5.91 Å². The summed E-state index contributed by atoms with van der Waals surface area (Å²) < 4.78 is 0. The number of benzene rings is 1. The molecule has 0 fully saturated rings. The van der Waals surface area contributed by atoms with Crippen LogP contribution in [0, 0.1) is 11.3 Å². The summed E-state index contributed by atoms with van der Waals surface area (Å²) in [5.41, 5.74) is 1.67. The zero-order valence-corrected chi connectivity index (χ0v) is 10.8. The molecule has 0 spiro atoms. The van der Waals surface area contributed by atoms with Gasteiger partial charge in [0.1, 0.15) is 0 Å². The molecule has 1 aromatic carbocycles. The summed E-state index contributed by atoms with van der Waals surface area (Å²) >= 11 is 0. The van der Waals surface area contributed by atoms with E-state index in [4.69, 9.17) is 10.4 Å². The third-order valence-corrected chi connectivity index (χ3v) is 3.27. The molecular weight excluding hydrogens is 256 g/mol. The van der Waals surface area contributed by atoms with Crippen molar-refractivity contribution < 1.29 is 14.7 Å². The molecule has 0 aliphatic heterocycles. The average Bonchev–Trinajstić information content (AvgIpc) is 2.47. The van der Waals surface area contributed by atoms with Gasteiger partial charge in [0.15, 0.2) is 0 Å². The van der Waals surface area contributed by atoms with Crippen LogP contribution in [0.2, 0.25) is 0 Å². The van der Waals surface area contributed by atoms with E-state index in [2.05, 4.69) is 5.32 Å². The second-order valence-electron chi connectivity index (χ2n) is 4.61. The fourth-order valence-corrected chi connectivity index (χ4v) is 2.18. The Bertz CT molecular complexity index is 609. The van der Waals surface area contributed by atoms with E-state index in [-0.39, 0.29) is 5.91 Å². The maximum atomic E-state index is 12.1. The molecule has 0 heterocycles. The fraction of sp³-hybridized carbons (Fsp3) is 0.267. The van der Waals surface area contributed by atoms with Gasteiger partial charge in [-0.05, 0) is 49.9 Å². The van der Waals surface area contributed by atoms with Crippen molar-refractivity contribution in [1.82, 2.24) is 5.32 Å². The molecule has 0 aromatic heterocycles. The SMILES string of the molecule is N#Cc1ccc(C(=O)NC2=C(C(=O)O)CCCC2)cc1. The zero-order chi connectivity index (χ0) is 14.5. The number of hydrogen-bond donors (Lipinski definition) is 2. The number of carbonyl (C=O) groups is 2. The van der Waals surface area contributed by atoms with Crippen LogP contribution in [0.4, 0.5) is 0 Å². The van der Waals surface area contributed by atoms with Gasteiger partial charge < -0.3 is 10.4 Å². The lowest BCUT2D eigenvalue weighted by Gasteiger charge is -2.18. The molecule has 2 rings (SSSR count). The van der Waals surface area contributed by atoms with E-state index in [1.807, 2.05) is 6.07 Å². The summed E-state index contributed by atoms with van der Waals surface area (Å²) in [6.45, 7) is 0. The van der Waals surface area contributed by atoms with Gasteiger partial charge in [0.2, 0.25) is 0 Å². The van der Waals surface area contributed by atoms with Crippen LogP contribution in [-0.2, 0) is 4.79 Å². The van der Waals surface area contributed by atoms with Crippen molar-refractivity contribution in [1.29, 1.82) is 5.26 Å². The molecule has 1 amide bonds. The normalized spacial score (nSPS) is 14.6. The Labute approximate surface area is 116 Å². The molecular formula is C15H14N2O3. The largest absolute Gasteiger partial charge is 0.478 e. The van der Waals surface area contributed by atoms with Gasteiger partial charge >= 0.3 is 5.97 Å². The number of amides is 1. The van der Waals surface area contributed by atoms with Gasteiger partial charge in [-0.15, -0.1) is 0 Å². The molecule has 2 N–H and O–H groups in total. The van der Waals surface area contributed by atoms with Crippen molar-refractivity contribution in [3.8, 4) is 6.07 Å². The Morgan fingerprint density at radius 2 is 1.80 bits per heavy atom. The fourth-order valence-electron chi connectivity index (χ4n) is 2.18. The van der Waals surface area contributed by atoms with Gasteiger partial charge in [0, 0.05) is 11.3 Å². The molecule has 1 aliphatic rings. The molecule has 1 aliphatic carbocycles. The van der Waals surface area contributed by atoms with Crippen molar-refractivity contribution in [2.45, 2.75) is 25.7 Å². The summed E-state index contributed by atoms with van der Waals surface area (Å²) in [6, 6.07) is 8.20. The minimum Gasteiger partial charge on any atom is -0.478 e. The van der Waals surface area contributed by atoms with Gasteiger partial charge in [-0.1, -0.05) is 0 Å². The summed E-state index contributed by atoms with van der Waals surface area (Å²) in [5.74, 6) is -1.31. The molecule has 0 radical (unpaired) electrons. The highest BCUT2D eigenvalue weighted by Gasteiger charge is 2.20.